The highest BCUT2D eigenvalue weighted by Gasteiger charge is 2.09. The molecule has 0 aliphatic rings. The highest BCUT2D eigenvalue weighted by molar-refractivity contribution is 5.85. The maximum Gasteiger partial charge on any atom is 0.373 e. The van der Waals surface area contributed by atoms with E-state index >= 15 is 0 Å². The van der Waals surface area contributed by atoms with Crippen molar-refractivity contribution in [1.82, 2.24) is 0 Å². The van der Waals surface area contributed by atoms with Crippen LogP contribution in [0.2, 0.25) is 0 Å². The van der Waals surface area contributed by atoms with Crippen LogP contribution in [0.5, 0.6) is 0 Å². The first kappa shape index (κ1) is 13.3. The normalized spacial score (nSPS) is 9.71. The summed E-state index contributed by atoms with van der Waals surface area (Å²) >= 11 is 0. The standard InChI is InChI=1S/C13H16O4/c1-11(16-9-8-15-2)13(14)17-10-12-6-4-3-5-7-12/h3-7H,1,8-10H2,2H3. The second kappa shape index (κ2) is 7.46. The molecule has 92 valence electrons. The summed E-state index contributed by atoms with van der Waals surface area (Å²) < 4.78 is 14.8. The molecule has 0 aliphatic heterocycles. The van der Waals surface area contributed by atoms with Crippen LogP contribution in [-0.4, -0.2) is 26.3 Å². The molecular weight excluding hydrogens is 220 g/mol. The Labute approximate surface area is 101 Å². The molecule has 0 spiro atoms. The van der Waals surface area contributed by atoms with Crippen molar-refractivity contribution in [1.29, 1.82) is 0 Å². The van der Waals surface area contributed by atoms with E-state index in [0.717, 1.165) is 5.56 Å². The third-order valence-corrected chi connectivity index (χ3v) is 2.00. The molecule has 4 nitrogen and oxygen atoms in total. The Hall–Kier alpha value is -1.81. The molecule has 4 heteroatoms. The minimum atomic E-state index is -0.551. The number of esters is 1. The molecule has 1 aromatic carbocycles. The van der Waals surface area contributed by atoms with Crippen molar-refractivity contribution in [3.05, 3.63) is 48.2 Å². The topological polar surface area (TPSA) is 44.8 Å². The van der Waals surface area contributed by atoms with Crippen LogP contribution in [0.3, 0.4) is 0 Å². The number of methoxy groups -OCH3 is 1. The Morgan fingerprint density at radius 2 is 1.88 bits per heavy atom. The van der Waals surface area contributed by atoms with E-state index in [-0.39, 0.29) is 19.0 Å². The molecule has 0 unspecified atom stereocenters. The maximum absolute atomic E-state index is 11.4. The lowest BCUT2D eigenvalue weighted by atomic mass is 10.2. The van der Waals surface area contributed by atoms with Gasteiger partial charge in [-0.05, 0) is 12.1 Å². The summed E-state index contributed by atoms with van der Waals surface area (Å²) in [5.41, 5.74) is 0.922. The van der Waals surface area contributed by atoms with Crippen LogP contribution in [0, 0.1) is 0 Å². The SMILES string of the molecule is C=C(OCCOC)C(=O)OCc1ccccc1. The van der Waals surface area contributed by atoms with E-state index in [2.05, 4.69) is 6.58 Å². The van der Waals surface area contributed by atoms with Gasteiger partial charge in [-0.25, -0.2) is 4.79 Å². The number of carbonyl (C=O) groups is 1. The average molecular weight is 236 g/mol. The van der Waals surface area contributed by atoms with Crippen molar-refractivity contribution in [2.45, 2.75) is 6.61 Å². The van der Waals surface area contributed by atoms with Gasteiger partial charge < -0.3 is 14.2 Å². The summed E-state index contributed by atoms with van der Waals surface area (Å²) in [6.07, 6.45) is 0. The minimum Gasteiger partial charge on any atom is -0.485 e. The second-order valence-corrected chi connectivity index (χ2v) is 3.33. The Kier molecular flexibility index (Phi) is 5.82. The summed E-state index contributed by atoms with van der Waals surface area (Å²) in [5.74, 6) is -0.553. The number of ether oxygens (including phenoxy) is 3. The summed E-state index contributed by atoms with van der Waals surface area (Å²) in [6, 6.07) is 9.42. The van der Waals surface area contributed by atoms with Crippen LogP contribution in [0.15, 0.2) is 42.7 Å². The monoisotopic (exact) mass is 236 g/mol. The highest BCUT2D eigenvalue weighted by Crippen LogP contribution is 2.04. The third kappa shape index (κ3) is 5.17. The van der Waals surface area contributed by atoms with Crippen LogP contribution >= 0.6 is 0 Å². The van der Waals surface area contributed by atoms with Gasteiger partial charge in [0.05, 0.1) is 6.61 Å². The zero-order valence-electron chi connectivity index (χ0n) is 9.85. The first-order valence-corrected chi connectivity index (χ1v) is 5.25. The van der Waals surface area contributed by atoms with E-state index in [1.54, 1.807) is 7.11 Å². The number of hydrogen-bond acceptors (Lipinski definition) is 4. The molecule has 0 saturated heterocycles. The number of rotatable bonds is 7. The van der Waals surface area contributed by atoms with Gasteiger partial charge in [-0.2, -0.15) is 0 Å². The van der Waals surface area contributed by atoms with Gasteiger partial charge in [0, 0.05) is 7.11 Å². The van der Waals surface area contributed by atoms with E-state index in [9.17, 15) is 4.79 Å². The van der Waals surface area contributed by atoms with Crippen molar-refractivity contribution >= 4 is 5.97 Å². The molecule has 1 aromatic rings. The van der Waals surface area contributed by atoms with Crippen LogP contribution in [0.1, 0.15) is 5.56 Å². The highest BCUT2D eigenvalue weighted by atomic mass is 16.6. The van der Waals surface area contributed by atoms with E-state index in [1.165, 1.54) is 0 Å². The molecular formula is C13H16O4. The molecule has 0 amide bonds. The van der Waals surface area contributed by atoms with Crippen LogP contribution < -0.4 is 0 Å². The molecule has 0 N–H and O–H groups in total. The van der Waals surface area contributed by atoms with Gasteiger partial charge in [-0.15, -0.1) is 0 Å². The molecule has 0 heterocycles. The Bertz CT molecular complexity index is 359. The fourth-order valence-electron chi connectivity index (χ4n) is 1.11. The minimum absolute atomic E-state index is 0.00187. The molecule has 0 saturated carbocycles. The van der Waals surface area contributed by atoms with Gasteiger partial charge in [0.2, 0.25) is 0 Å². The van der Waals surface area contributed by atoms with Crippen molar-refractivity contribution in [3.8, 4) is 0 Å². The number of hydrogen-bond donors (Lipinski definition) is 0. The van der Waals surface area contributed by atoms with Crippen LogP contribution in [0.4, 0.5) is 0 Å². The van der Waals surface area contributed by atoms with E-state index in [0.29, 0.717) is 6.61 Å². The molecule has 0 fully saturated rings. The predicted octanol–water partition coefficient (Wildman–Crippen LogP) is 1.91. The van der Waals surface area contributed by atoms with Gasteiger partial charge in [-0.3, -0.25) is 0 Å². The molecule has 1 rings (SSSR count). The van der Waals surface area contributed by atoms with Gasteiger partial charge in [-0.1, -0.05) is 30.3 Å². The van der Waals surface area contributed by atoms with Crippen molar-refractivity contribution in [2.24, 2.45) is 0 Å². The van der Waals surface area contributed by atoms with Gasteiger partial charge >= 0.3 is 5.97 Å². The van der Waals surface area contributed by atoms with Crippen molar-refractivity contribution in [2.75, 3.05) is 20.3 Å². The average Bonchev–Trinajstić information content (AvgIpc) is 2.37. The molecule has 0 aliphatic carbocycles. The van der Waals surface area contributed by atoms with Crippen molar-refractivity contribution < 1.29 is 19.0 Å². The molecule has 17 heavy (non-hydrogen) atoms. The largest absolute Gasteiger partial charge is 0.485 e. The van der Waals surface area contributed by atoms with E-state index in [4.69, 9.17) is 14.2 Å². The zero-order valence-corrected chi connectivity index (χ0v) is 9.85. The lowest BCUT2D eigenvalue weighted by Crippen LogP contribution is -2.12. The van der Waals surface area contributed by atoms with Crippen LogP contribution in [-0.2, 0) is 25.6 Å². The first-order valence-electron chi connectivity index (χ1n) is 5.25. The smallest absolute Gasteiger partial charge is 0.373 e. The molecule has 0 atom stereocenters. The Balaban J connectivity index is 2.27. The maximum atomic E-state index is 11.4. The van der Waals surface area contributed by atoms with Gasteiger partial charge in [0.15, 0.2) is 5.76 Å². The van der Waals surface area contributed by atoms with Crippen molar-refractivity contribution in [3.63, 3.8) is 0 Å². The van der Waals surface area contributed by atoms with Gasteiger partial charge in [0.25, 0.3) is 0 Å². The molecule has 0 radical (unpaired) electrons. The zero-order chi connectivity index (χ0) is 12.5. The number of carbonyl (C=O) groups excluding carboxylic acids is 1. The summed E-state index contributed by atoms with van der Waals surface area (Å²) in [7, 11) is 1.56. The van der Waals surface area contributed by atoms with Gasteiger partial charge in [0.1, 0.15) is 13.2 Å². The van der Waals surface area contributed by atoms with Crippen LogP contribution in [0.25, 0.3) is 0 Å². The van der Waals surface area contributed by atoms with E-state index in [1.807, 2.05) is 30.3 Å². The lowest BCUT2D eigenvalue weighted by Gasteiger charge is -2.08. The lowest BCUT2D eigenvalue weighted by molar-refractivity contribution is -0.144. The second-order valence-electron chi connectivity index (χ2n) is 3.33. The summed E-state index contributed by atoms with van der Waals surface area (Å²) in [5, 5.41) is 0. The first-order chi connectivity index (χ1) is 8.24. The fourth-order valence-corrected chi connectivity index (χ4v) is 1.11. The summed E-state index contributed by atoms with van der Waals surface area (Å²) in [6.45, 7) is 4.40. The molecule has 0 aromatic heterocycles. The quantitative estimate of drug-likeness (QED) is 0.314. The van der Waals surface area contributed by atoms with E-state index < -0.39 is 5.97 Å². The predicted molar refractivity (Wildman–Crippen MR) is 63.2 cm³/mol. The Morgan fingerprint density at radius 3 is 2.53 bits per heavy atom. The molecule has 0 bridgehead atoms. The Morgan fingerprint density at radius 1 is 1.18 bits per heavy atom. The summed E-state index contributed by atoms with van der Waals surface area (Å²) in [4.78, 5) is 11.4. The number of benzene rings is 1. The third-order valence-electron chi connectivity index (χ3n) is 2.00. The fraction of sp³-hybridized carbons (Fsp3) is 0.308.